The van der Waals surface area contributed by atoms with Crippen molar-refractivity contribution in [3.8, 4) is 0 Å². The molecule has 5 nitrogen and oxygen atoms in total. The minimum absolute atomic E-state index is 0.202. The number of unbranched alkanes of at least 4 members (excludes halogenated alkanes) is 2. The summed E-state index contributed by atoms with van der Waals surface area (Å²) in [5, 5.41) is 0.996. The van der Waals surface area contributed by atoms with Crippen LogP contribution >= 0.6 is 15.9 Å². The molecule has 0 aromatic rings. The number of carbonyl (C=O) groups is 2. The molecular weight excluding hydrogens is 336 g/mol. The maximum absolute atomic E-state index is 12.0. The van der Waals surface area contributed by atoms with Crippen molar-refractivity contribution in [3.63, 3.8) is 0 Å². The maximum Gasteiger partial charge on any atom is 0.410 e. The van der Waals surface area contributed by atoms with Crippen LogP contribution < -0.4 is 0 Å². The number of alkyl halides is 1. The molecule has 0 atom stereocenters. The molecule has 2 amide bonds. The summed E-state index contributed by atoms with van der Waals surface area (Å²) in [4.78, 5) is 27.5. The van der Waals surface area contributed by atoms with Crippen LogP contribution in [0.15, 0.2) is 0 Å². The van der Waals surface area contributed by atoms with Crippen molar-refractivity contribution in [2.24, 2.45) is 0 Å². The standard InChI is InChI=1S/C15H27BrN2O3/c1-15(2,3)21-14(20)18-11-9-17(10-12-18)13(19)7-5-4-6-8-16/h4-12H2,1-3H3. The number of carbonyl (C=O) groups excluding carboxylic acids is 2. The van der Waals surface area contributed by atoms with Gasteiger partial charge in [-0.1, -0.05) is 22.4 Å². The first kappa shape index (κ1) is 18.3. The van der Waals surface area contributed by atoms with Crippen molar-refractivity contribution in [2.75, 3.05) is 31.5 Å². The Morgan fingerprint density at radius 2 is 1.57 bits per heavy atom. The Morgan fingerprint density at radius 3 is 2.10 bits per heavy atom. The van der Waals surface area contributed by atoms with Gasteiger partial charge in [0.05, 0.1) is 0 Å². The second-order valence-corrected chi connectivity index (χ2v) is 7.14. The zero-order valence-electron chi connectivity index (χ0n) is 13.4. The highest BCUT2D eigenvalue weighted by atomic mass is 79.9. The number of rotatable bonds is 5. The minimum atomic E-state index is -0.473. The molecule has 1 aliphatic rings. The Bertz CT molecular complexity index is 347. The fraction of sp³-hybridized carbons (Fsp3) is 0.867. The second-order valence-electron chi connectivity index (χ2n) is 6.35. The lowest BCUT2D eigenvalue weighted by molar-refractivity contribution is -0.133. The van der Waals surface area contributed by atoms with E-state index in [9.17, 15) is 9.59 Å². The van der Waals surface area contributed by atoms with E-state index < -0.39 is 5.60 Å². The van der Waals surface area contributed by atoms with Crippen LogP contribution in [-0.2, 0) is 9.53 Å². The van der Waals surface area contributed by atoms with E-state index in [2.05, 4.69) is 15.9 Å². The van der Waals surface area contributed by atoms with E-state index in [4.69, 9.17) is 4.74 Å². The van der Waals surface area contributed by atoms with Crippen molar-refractivity contribution < 1.29 is 14.3 Å². The predicted octanol–water partition coefficient (Wildman–Crippen LogP) is 3.02. The van der Waals surface area contributed by atoms with Crippen LogP contribution in [0.3, 0.4) is 0 Å². The Kier molecular flexibility index (Phi) is 7.49. The van der Waals surface area contributed by atoms with Crippen LogP contribution in [0.5, 0.6) is 0 Å². The summed E-state index contributed by atoms with van der Waals surface area (Å²) in [5.74, 6) is 0.202. The molecule has 0 bridgehead atoms. The largest absolute Gasteiger partial charge is 0.444 e. The Hall–Kier alpha value is -0.780. The minimum Gasteiger partial charge on any atom is -0.444 e. The molecular formula is C15H27BrN2O3. The van der Waals surface area contributed by atoms with E-state index in [1.165, 1.54) is 0 Å². The molecule has 6 heteroatoms. The summed E-state index contributed by atoms with van der Waals surface area (Å²) in [5.41, 5.74) is -0.473. The Morgan fingerprint density at radius 1 is 1.00 bits per heavy atom. The van der Waals surface area contributed by atoms with Crippen molar-refractivity contribution >= 4 is 27.9 Å². The van der Waals surface area contributed by atoms with Gasteiger partial charge in [-0.25, -0.2) is 4.79 Å². The molecule has 1 fully saturated rings. The summed E-state index contributed by atoms with van der Waals surface area (Å²) in [6.07, 6.45) is 3.46. The van der Waals surface area contributed by atoms with Gasteiger partial charge >= 0.3 is 6.09 Å². The average Bonchev–Trinajstić information content (AvgIpc) is 2.41. The van der Waals surface area contributed by atoms with Gasteiger partial charge in [-0.15, -0.1) is 0 Å². The third kappa shape index (κ3) is 7.16. The highest BCUT2D eigenvalue weighted by molar-refractivity contribution is 9.09. The van der Waals surface area contributed by atoms with E-state index in [1.54, 1.807) is 4.90 Å². The molecule has 0 aromatic carbocycles. The molecule has 0 N–H and O–H groups in total. The molecule has 122 valence electrons. The molecule has 0 unspecified atom stereocenters. The monoisotopic (exact) mass is 362 g/mol. The molecule has 1 rings (SSSR count). The van der Waals surface area contributed by atoms with Crippen molar-refractivity contribution in [1.29, 1.82) is 0 Å². The maximum atomic E-state index is 12.0. The number of nitrogens with zero attached hydrogens (tertiary/aromatic N) is 2. The van der Waals surface area contributed by atoms with Crippen molar-refractivity contribution in [2.45, 2.75) is 52.1 Å². The van der Waals surface area contributed by atoms with E-state index >= 15 is 0 Å². The summed E-state index contributed by atoms with van der Waals surface area (Å²) in [6, 6.07) is 0. The average molecular weight is 363 g/mol. The molecule has 0 spiro atoms. The van der Waals surface area contributed by atoms with E-state index in [0.717, 1.165) is 24.6 Å². The van der Waals surface area contributed by atoms with Crippen LogP contribution in [0.1, 0.15) is 46.5 Å². The number of hydrogen-bond donors (Lipinski definition) is 0. The number of hydrogen-bond acceptors (Lipinski definition) is 3. The molecule has 1 heterocycles. The number of amides is 2. The molecule has 0 aromatic heterocycles. The van der Waals surface area contributed by atoms with Gasteiger partial charge in [0.15, 0.2) is 0 Å². The first-order chi connectivity index (χ1) is 9.83. The lowest BCUT2D eigenvalue weighted by Crippen LogP contribution is -2.51. The lowest BCUT2D eigenvalue weighted by Gasteiger charge is -2.35. The van der Waals surface area contributed by atoms with Gasteiger partial charge in [-0.2, -0.15) is 0 Å². The van der Waals surface area contributed by atoms with Gasteiger partial charge in [0.2, 0.25) is 5.91 Å². The third-order valence-corrected chi connectivity index (χ3v) is 3.87. The first-order valence-corrected chi connectivity index (χ1v) is 8.77. The lowest BCUT2D eigenvalue weighted by atomic mass is 10.2. The smallest absolute Gasteiger partial charge is 0.410 e. The zero-order valence-corrected chi connectivity index (χ0v) is 14.9. The predicted molar refractivity (Wildman–Crippen MR) is 86.6 cm³/mol. The first-order valence-electron chi connectivity index (χ1n) is 7.65. The van der Waals surface area contributed by atoms with Crippen LogP contribution in [0.2, 0.25) is 0 Å². The van der Waals surface area contributed by atoms with E-state index in [0.29, 0.717) is 32.6 Å². The molecule has 0 aliphatic carbocycles. The zero-order chi connectivity index (χ0) is 15.9. The van der Waals surface area contributed by atoms with Gasteiger partial charge in [-0.05, 0) is 33.6 Å². The van der Waals surface area contributed by atoms with Crippen LogP contribution in [0.25, 0.3) is 0 Å². The topological polar surface area (TPSA) is 49.9 Å². The molecule has 1 saturated heterocycles. The number of ether oxygens (including phenoxy) is 1. The summed E-state index contributed by atoms with van der Waals surface area (Å²) < 4.78 is 5.34. The highest BCUT2D eigenvalue weighted by Gasteiger charge is 2.27. The van der Waals surface area contributed by atoms with Crippen LogP contribution in [0, 0.1) is 0 Å². The molecule has 0 radical (unpaired) electrons. The second kappa shape index (κ2) is 8.61. The fourth-order valence-corrected chi connectivity index (χ4v) is 2.57. The van der Waals surface area contributed by atoms with Crippen molar-refractivity contribution in [1.82, 2.24) is 9.80 Å². The normalized spacial score (nSPS) is 16.0. The van der Waals surface area contributed by atoms with Crippen LogP contribution in [-0.4, -0.2) is 58.9 Å². The van der Waals surface area contributed by atoms with Gasteiger partial charge < -0.3 is 14.5 Å². The Labute approximate surface area is 136 Å². The summed E-state index contributed by atoms with van der Waals surface area (Å²) in [6.45, 7) is 7.91. The molecule has 1 aliphatic heterocycles. The van der Waals surface area contributed by atoms with Gasteiger partial charge in [0.25, 0.3) is 0 Å². The quantitative estimate of drug-likeness (QED) is 0.557. The van der Waals surface area contributed by atoms with Gasteiger partial charge in [-0.3, -0.25) is 4.79 Å². The van der Waals surface area contributed by atoms with Gasteiger partial charge in [0, 0.05) is 37.9 Å². The van der Waals surface area contributed by atoms with Crippen LogP contribution in [0.4, 0.5) is 4.79 Å². The SMILES string of the molecule is CC(C)(C)OC(=O)N1CCN(C(=O)CCCCCBr)CC1. The molecule has 0 saturated carbocycles. The number of halogens is 1. The summed E-state index contributed by atoms with van der Waals surface area (Å²) >= 11 is 3.39. The Balaban J connectivity index is 2.28. The number of piperazine rings is 1. The highest BCUT2D eigenvalue weighted by Crippen LogP contribution is 2.13. The van der Waals surface area contributed by atoms with Gasteiger partial charge in [0.1, 0.15) is 5.60 Å². The van der Waals surface area contributed by atoms with E-state index in [1.807, 2.05) is 25.7 Å². The molecule has 21 heavy (non-hydrogen) atoms. The summed E-state index contributed by atoms with van der Waals surface area (Å²) in [7, 11) is 0. The van der Waals surface area contributed by atoms with E-state index in [-0.39, 0.29) is 12.0 Å². The third-order valence-electron chi connectivity index (χ3n) is 3.31. The van der Waals surface area contributed by atoms with Crippen molar-refractivity contribution in [3.05, 3.63) is 0 Å². The fourth-order valence-electron chi connectivity index (χ4n) is 2.17.